The molecular formula is C31H34F4N4O9. The van der Waals surface area contributed by atoms with Gasteiger partial charge in [-0.1, -0.05) is 6.07 Å². The third kappa shape index (κ3) is 10.6. The van der Waals surface area contributed by atoms with Crippen molar-refractivity contribution in [1.29, 1.82) is 0 Å². The molecule has 0 aliphatic heterocycles. The predicted octanol–water partition coefficient (Wildman–Crippen LogP) is 5.40. The first-order valence-electron chi connectivity index (χ1n) is 14.4. The molecule has 0 saturated heterocycles. The Labute approximate surface area is 271 Å². The molecular weight excluding hydrogens is 648 g/mol. The molecule has 0 bridgehead atoms. The van der Waals surface area contributed by atoms with Gasteiger partial charge in [-0.15, -0.1) is 0 Å². The van der Waals surface area contributed by atoms with Crippen molar-refractivity contribution in [2.45, 2.75) is 71.3 Å². The second-order valence-corrected chi connectivity index (χ2v) is 11.3. The number of halogens is 4. The van der Waals surface area contributed by atoms with Gasteiger partial charge in [0.1, 0.15) is 23.3 Å². The minimum atomic E-state index is -3.21. The number of aromatic nitrogens is 1. The van der Waals surface area contributed by atoms with Crippen LogP contribution in [0.2, 0.25) is 0 Å². The van der Waals surface area contributed by atoms with Gasteiger partial charge in [-0.3, -0.25) is 14.4 Å². The van der Waals surface area contributed by atoms with Gasteiger partial charge in [-0.2, -0.15) is 8.78 Å². The molecule has 3 amide bonds. The Hall–Kier alpha value is -5.35. The fourth-order valence-corrected chi connectivity index (χ4v) is 4.21. The van der Waals surface area contributed by atoms with Crippen LogP contribution in [0.5, 0.6) is 11.5 Å². The summed E-state index contributed by atoms with van der Waals surface area (Å²) in [6, 6.07) is 3.00. The van der Waals surface area contributed by atoms with E-state index in [9.17, 15) is 36.7 Å². The van der Waals surface area contributed by atoms with Gasteiger partial charge in [0.25, 0.3) is 5.91 Å². The smallest absolute Gasteiger partial charge is 0.408 e. The highest BCUT2D eigenvalue weighted by molar-refractivity contribution is 5.97. The van der Waals surface area contributed by atoms with Crippen LogP contribution in [0, 0.1) is 11.6 Å². The Balaban J connectivity index is 2.03. The summed E-state index contributed by atoms with van der Waals surface area (Å²) in [4.78, 5) is 53.3. The highest BCUT2D eigenvalue weighted by atomic mass is 19.3. The number of nitrogens with one attached hydrogen (secondary N) is 2. The molecule has 2 unspecified atom stereocenters. The number of rotatable bonds is 15. The van der Waals surface area contributed by atoms with Gasteiger partial charge in [0.05, 0.1) is 12.6 Å². The van der Waals surface area contributed by atoms with E-state index in [0.717, 1.165) is 18.2 Å². The van der Waals surface area contributed by atoms with E-state index < -0.39 is 71.1 Å². The normalized spacial score (nSPS) is 12.6. The molecule has 260 valence electrons. The second-order valence-electron chi connectivity index (χ2n) is 11.3. The standard InChI is InChI=1S/C31H34F4N4O9/c1-15(37-30(44)48-31(2,3)4)25-24(27(43)38-23(26(36)42)18-10-9-17(32)14-19(18)33)39-28(47-25)16-8-11-20(46-29(34)35)21(13-16)45-12-6-5-7-22(40)41/h8-11,13-15,23,29H,5-7,12H2,1-4H3,(H2,36,42)(H,37,44)(H,38,43)(H,40,41). The summed E-state index contributed by atoms with van der Waals surface area (Å²) in [5.74, 6) is -6.52. The number of benzene rings is 2. The van der Waals surface area contributed by atoms with Crippen LogP contribution in [0.25, 0.3) is 11.5 Å². The SMILES string of the molecule is CC(NC(=O)OC(C)(C)C)c1oc(-c2ccc(OC(F)F)c(OCCCCC(=O)O)c2)nc1C(=O)NC(C(N)=O)c1ccc(F)cc1F. The molecule has 0 saturated carbocycles. The molecule has 17 heteroatoms. The number of oxazole rings is 1. The number of ether oxygens (including phenoxy) is 3. The Kier molecular flexibility index (Phi) is 12.3. The van der Waals surface area contributed by atoms with Crippen LogP contribution in [0.4, 0.5) is 22.4 Å². The van der Waals surface area contributed by atoms with Crippen LogP contribution >= 0.6 is 0 Å². The molecule has 1 heterocycles. The molecule has 2 atom stereocenters. The van der Waals surface area contributed by atoms with Gasteiger partial charge in [-0.05, 0) is 64.8 Å². The number of hydrogen-bond acceptors (Lipinski definition) is 9. The zero-order chi connectivity index (χ0) is 35.8. The minimum absolute atomic E-state index is 0.0634. The van der Waals surface area contributed by atoms with E-state index in [2.05, 4.69) is 20.4 Å². The Morgan fingerprint density at radius 1 is 1.02 bits per heavy atom. The lowest BCUT2D eigenvalue weighted by atomic mass is 10.0. The maximum absolute atomic E-state index is 14.6. The van der Waals surface area contributed by atoms with Crippen molar-refractivity contribution in [3.63, 3.8) is 0 Å². The molecule has 3 rings (SSSR count). The molecule has 0 aliphatic carbocycles. The van der Waals surface area contributed by atoms with E-state index in [4.69, 9.17) is 24.7 Å². The van der Waals surface area contributed by atoms with Crippen molar-refractivity contribution in [2.24, 2.45) is 5.73 Å². The molecule has 0 fully saturated rings. The summed E-state index contributed by atoms with van der Waals surface area (Å²) in [6.45, 7) is 3.00. The fraction of sp³-hybridized carbons (Fsp3) is 0.387. The summed E-state index contributed by atoms with van der Waals surface area (Å²) in [7, 11) is 0. The zero-order valence-corrected chi connectivity index (χ0v) is 26.3. The number of carbonyl (C=O) groups excluding carboxylic acids is 3. The molecule has 0 spiro atoms. The van der Waals surface area contributed by atoms with Crippen LogP contribution in [0.3, 0.4) is 0 Å². The number of nitrogens with zero attached hydrogens (tertiary/aromatic N) is 1. The summed E-state index contributed by atoms with van der Waals surface area (Å²) < 4.78 is 75.4. The molecule has 3 aromatic rings. The first kappa shape index (κ1) is 37.1. The fourth-order valence-electron chi connectivity index (χ4n) is 4.21. The summed E-state index contributed by atoms with van der Waals surface area (Å²) in [6.07, 6.45) is -0.511. The van der Waals surface area contributed by atoms with Crippen molar-refractivity contribution in [2.75, 3.05) is 6.61 Å². The number of nitrogens with two attached hydrogens (primary N) is 1. The van der Waals surface area contributed by atoms with Crippen molar-refractivity contribution in [3.05, 3.63) is 65.1 Å². The molecule has 1 aromatic heterocycles. The van der Waals surface area contributed by atoms with Crippen LogP contribution < -0.4 is 25.8 Å². The van der Waals surface area contributed by atoms with Gasteiger partial charge in [0, 0.05) is 23.6 Å². The first-order chi connectivity index (χ1) is 22.4. The number of alkyl carbamates (subject to hydrolysis) is 1. The maximum Gasteiger partial charge on any atom is 0.408 e. The Morgan fingerprint density at radius 3 is 2.33 bits per heavy atom. The van der Waals surface area contributed by atoms with E-state index in [-0.39, 0.29) is 54.6 Å². The molecule has 0 aliphatic rings. The summed E-state index contributed by atoms with van der Waals surface area (Å²) in [5, 5.41) is 13.5. The number of carbonyl (C=O) groups is 4. The van der Waals surface area contributed by atoms with Gasteiger partial charge < -0.3 is 40.1 Å². The third-order valence-corrected chi connectivity index (χ3v) is 6.28. The molecule has 13 nitrogen and oxygen atoms in total. The molecule has 2 aromatic carbocycles. The number of alkyl halides is 2. The van der Waals surface area contributed by atoms with E-state index in [1.54, 1.807) is 20.8 Å². The highest BCUT2D eigenvalue weighted by Crippen LogP contribution is 2.35. The lowest BCUT2D eigenvalue weighted by Crippen LogP contribution is -2.39. The van der Waals surface area contributed by atoms with Gasteiger partial charge >= 0.3 is 18.7 Å². The van der Waals surface area contributed by atoms with E-state index in [0.29, 0.717) is 6.07 Å². The third-order valence-electron chi connectivity index (χ3n) is 6.28. The van der Waals surface area contributed by atoms with E-state index >= 15 is 0 Å². The first-order valence-corrected chi connectivity index (χ1v) is 14.4. The molecule has 5 N–H and O–H groups in total. The van der Waals surface area contributed by atoms with E-state index in [1.807, 2.05) is 0 Å². The van der Waals surface area contributed by atoms with Crippen LogP contribution in [0.15, 0.2) is 40.8 Å². The average molecular weight is 683 g/mol. The minimum Gasteiger partial charge on any atom is -0.490 e. The Bertz CT molecular complexity index is 1640. The highest BCUT2D eigenvalue weighted by Gasteiger charge is 2.31. The van der Waals surface area contributed by atoms with Crippen LogP contribution in [-0.4, -0.2) is 52.8 Å². The van der Waals surface area contributed by atoms with Gasteiger partial charge in [0.15, 0.2) is 23.0 Å². The lowest BCUT2D eigenvalue weighted by Gasteiger charge is -2.21. The van der Waals surface area contributed by atoms with Crippen LogP contribution in [-0.2, 0) is 14.3 Å². The number of aliphatic carboxylic acids is 1. The number of carboxylic acids is 1. The monoisotopic (exact) mass is 682 g/mol. The topological polar surface area (TPSA) is 192 Å². The van der Waals surface area contributed by atoms with Crippen molar-refractivity contribution in [1.82, 2.24) is 15.6 Å². The average Bonchev–Trinajstić information content (AvgIpc) is 3.41. The van der Waals surface area contributed by atoms with Gasteiger partial charge in [-0.25, -0.2) is 18.6 Å². The van der Waals surface area contributed by atoms with Crippen LogP contribution in [0.1, 0.15) is 80.9 Å². The Morgan fingerprint density at radius 2 is 1.73 bits per heavy atom. The number of primary amides is 1. The second kappa shape index (κ2) is 16.0. The number of unbranched alkanes of at least 4 members (excludes halogenated alkanes) is 1. The quantitative estimate of drug-likeness (QED) is 0.119. The van der Waals surface area contributed by atoms with Gasteiger partial charge in [0.2, 0.25) is 11.8 Å². The molecule has 0 radical (unpaired) electrons. The largest absolute Gasteiger partial charge is 0.490 e. The number of carboxylic acid groups (broad SMARTS) is 1. The molecule has 48 heavy (non-hydrogen) atoms. The maximum atomic E-state index is 14.6. The zero-order valence-electron chi connectivity index (χ0n) is 26.3. The van der Waals surface area contributed by atoms with Crippen molar-refractivity contribution < 1.29 is 60.5 Å². The van der Waals surface area contributed by atoms with Crippen molar-refractivity contribution >= 4 is 23.9 Å². The van der Waals surface area contributed by atoms with E-state index in [1.165, 1.54) is 19.1 Å². The lowest BCUT2D eigenvalue weighted by molar-refractivity contribution is -0.137. The number of amides is 3. The number of hydrogen-bond donors (Lipinski definition) is 4. The van der Waals surface area contributed by atoms with Crippen molar-refractivity contribution in [3.8, 4) is 23.0 Å². The predicted molar refractivity (Wildman–Crippen MR) is 159 cm³/mol. The summed E-state index contributed by atoms with van der Waals surface area (Å²) in [5.41, 5.74) is 3.67. The summed E-state index contributed by atoms with van der Waals surface area (Å²) >= 11 is 0.